The van der Waals surface area contributed by atoms with Crippen LogP contribution in [-0.2, 0) is 16.0 Å². The summed E-state index contributed by atoms with van der Waals surface area (Å²) in [5.41, 5.74) is 2.41. The van der Waals surface area contributed by atoms with Gasteiger partial charge in [0.05, 0.1) is 12.1 Å². The molecule has 3 heterocycles. The molecule has 1 atom stereocenters. The first-order valence-electron chi connectivity index (χ1n) is 12.3. The third kappa shape index (κ3) is 5.53. The lowest BCUT2D eigenvalue weighted by molar-refractivity contribution is -0.138. The minimum Gasteiger partial charge on any atom is -0.481 e. The van der Waals surface area contributed by atoms with Crippen molar-refractivity contribution in [1.82, 2.24) is 19.5 Å². The van der Waals surface area contributed by atoms with E-state index in [4.69, 9.17) is 5.11 Å². The van der Waals surface area contributed by atoms with Crippen LogP contribution < -0.4 is 5.32 Å². The van der Waals surface area contributed by atoms with Crippen molar-refractivity contribution in [3.05, 3.63) is 47.5 Å². The van der Waals surface area contributed by atoms with Gasteiger partial charge in [-0.2, -0.15) is 5.10 Å². The lowest BCUT2D eigenvalue weighted by Gasteiger charge is -2.27. The fourth-order valence-electron chi connectivity index (χ4n) is 4.50. The molecule has 1 aromatic carbocycles. The quantitative estimate of drug-likeness (QED) is 0.505. The van der Waals surface area contributed by atoms with Crippen LogP contribution in [0.15, 0.2) is 30.3 Å². The molecule has 2 N–H and O–H groups in total. The first kappa shape index (κ1) is 25.3. The van der Waals surface area contributed by atoms with Gasteiger partial charge in [0.1, 0.15) is 11.5 Å². The predicted octanol–water partition coefficient (Wildman–Crippen LogP) is 4.31. The monoisotopic (exact) mass is 495 g/mol. The molecule has 1 aliphatic heterocycles. The van der Waals surface area contributed by atoms with Crippen LogP contribution in [0.2, 0.25) is 0 Å². The molecule has 2 amide bonds. The van der Waals surface area contributed by atoms with Crippen LogP contribution in [0.25, 0.3) is 16.9 Å². The Labute approximate surface area is 208 Å². The van der Waals surface area contributed by atoms with E-state index in [0.717, 1.165) is 31.4 Å². The second kappa shape index (κ2) is 10.8. The number of carboxylic acid groups (broad SMARTS) is 1. The number of halogens is 1. The largest absolute Gasteiger partial charge is 0.481 e. The first-order chi connectivity index (χ1) is 17.3. The number of fused-ring (bicyclic) bond motifs is 1. The summed E-state index contributed by atoms with van der Waals surface area (Å²) >= 11 is 0. The van der Waals surface area contributed by atoms with E-state index in [2.05, 4.69) is 22.3 Å². The number of aryl methyl sites for hydroxylation is 1. The van der Waals surface area contributed by atoms with Gasteiger partial charge >= 0.3 is 5.97 Å². The molecule has 36 heavy (non-hydrogen) atoms. The molecule has 2 aromatic heterocycles. The number of hydrogen-bond acceptors (Lipinski definition) is 5. The third-order valence-electron chi connectivity index (χ3n) is 6.49. The van der Waals surface area contributed by atoms with E-state index in [-0.39, 0.29) is 36.0 Å². The van der Waals surface area contributed by atoms with Gasteiger partial charge in [-0.25, -0.2) is 13.9 Å². The van der Waals surface area contributed by atoms with E-state index in [9.17, 15) is 18.8 Å². The Kier molecular flexibility index (Phi) is 7.61. The van der Waals surface area contributed by atoms with Gasteiger partial charge in [-0.3, -0.25) is 14.4 Å². The minimum absolute atomic E-state index is 0.0986. The topological polar surface area (TPSA) is 117 Å². The Balaban J connectivity index is 1.61. The van der Waals surface area contributed by atoms with Crippen LogP contribution in [0, 0.1) is 5.82 Å². The number of likely N-dealkylation sites (tertiary alicyclic amines) is 1. The fraction of sp³-hybridized carbons (Fsp3) is 0.423. The number of anilines is 1. The molecule has 1 aliphatic rings. The summed E-state index contributed by atoms with van der Waals surface area (Å²) < 4.78 is 16.6. The summed E-state index contributed by atoms with van der Waals surface area (Å²) in [4.78, 5) is 42.3. The van der Waals surface area contributed by atoms with Gasteiger partial charge in [0.15, 0.2) is 5.65 Å². The Hall–Kier alpha value is -3.82. The zero-order valence-electron chi connectivity index (χ0n) is 20.5. The molecule has 0 aliphatic carbocycles. The van der Waals surface area contributed by atoms with Crippen molar-refractivity contribution in [3.8, 4) is 11.3 Å². The maximum atomic E-state index is 15.0. The van der Waals surface area contributed by atoms with Gasteiger partial charge in [0.2, 0.25) is 5.91 Å². The lowest BCUT2D eigenvalue weighted by atomic mass is 10.1. The van der Waals surface area contributed by atoms with Crippen molar-refractivity contribution >= 4 is 29.1 Å². The SMILES string of the molecule is CCc1cc(C(=O)N2CCCCCC2C)nc2cc(-c3ccc(NC(=O)CCC(=O)O)cc3F)nn12. The summed E-state index contributed by atoms with van der Waals surface area (Å²) in [5.74, 6) is -2.28. The lowest BCUT2D eigenvalue weighted by Crippen LogP contribution is -2.38. The normalized spacial score (nSPS) is 16.1. The second-order valence-electron chi connectivity index (χ2n) is 9.12. The number of carbonyl (C=O) groups is 3. The summed E-state index contributed by atoms with van der Waals surface area (Å²) in [6.07, 6.45) is 4.28. The number of nitrogens with zero attached hydrogens (tertiary/aromatic N) is 4. The Morgan fingerprint density at radius 2 is 1.94 bits per heavy atom. The third-order valence-corrected chi connectivity index (χ3v) is 6.49. The average Bonchev–Trinajstić information content (AvgIpc) is 3.15. The van der Waals surface area contributed by atoms with Crippen LogP contribution in [0.3, 0.4) is 0 Å². The highest BCUT2D eigenvalue weighted by Crippen LogP contribution is 2.27. The highest BCUT2D eigenvalue weighted by atomic mass is 19.1. The van der Waals surface area contributed by atoms with Crippen molar-refractivity contribution in [2.45, 2.75) is 64.8 Å². The van der Waals surface area contributed by atoms with Crippen LogP contribution in [0.1, 0.15) is 68.6 Å². The number of aromatic nitrogens is 3. The van der Waals surface area contributed by atoms with Gasteiger partial charge in [0.25, 0.3) is 5.91 Å². The molecule has 10 heteroatoms. The maximum Gasteiger partial charge on any atom is 0.303 e. The van der Waals surface area contributed by atoms with Crippen LogP contribution in [-0.4, -0.2) is 55.0 Å². The number of benzene rings is 1. The minimum atomic E-state index is -1.08. The van der Waals surface area contributed by atoms with Crippen molar-refractivity contribution in [2.75, 3.05) is 11.9 Å². The van der Waals surface area contributed by atoms with Crippen molar-refractivity contribution in [2.24, 2.45) is 0 Å². The van der Waals surface area contributed by atoms with Crippen molar-refractivity contribution in [3.63, 3.8) is 0 Å². The zero-order chi connectivity index (χ0) is 25.8. The smallest absolute Gasteiger partial charge is 0.303 e. The van der Waals surface area contributed by atoms with E-state index in [1.807, 2.05) is 11.8 Å². The number of rotatable bonds is 7. The summed E-state index contributed by atoms with van der Waals surface area (Å²) in [6, 6.07) is 7.76. The molecule has 4 rings (SSSR count). The second-order valence-corrected chi connectivity index (χ2v) is 9.12. The maximum absolute atomic E-state index is 15.0. The molecule has 0 saturated carbocycles. The Morgan fingerprint density at radius 3 is 2.67 bits per heavy atom. The van der Waals surface area contributed by atoms with E-state index in [1.54, 1.807) is 16.6 Å². The summed E-state index contributed by atoms with van der Waals surface area (Å²) in [5, 5.41) is 15.7. The number of aliphatic carboxylic acids is 1. The van der Waals surface area contributed by atoms with Gasteiger partial charge in [0, 0.05) is 42.0 Å². The van der Waals surface area contributed by atoms with Gasteiger partial charge < -0.3 is 15.3 Å². The van der Waals surface area contributed by atoms with E-state index in [0.29, 0.717) is 30.0 Å². The molecule has 190 valence electrons. The van der Waals surface area contributed by atoms with E-state index < -0.39 is 17.7 Å². The van der Waals surface area contributed by atoms with Crippen molar-refractivity contribution < 1.29 is 23.9 Å². The number of carboxylic acids is 1. The van der Waals surface area contributed by atoms with Crippen LogP contribution in [0.4, 0.5) is 10.1 Å². The molecule has 1 saturated heterocycles. The van der Waals surface area contributed by atoms with Gasteiger partial charge in [-0.15, -0.1) is 0 Å². The highest BCUT2D eigenvalue weighted by Gasteiger charge is 2.25. The standard InChI is InChI=1S/C26H30FN5O4/c1-3-18-14-22(26(36)31-12-6-4-5-7-16(31)2)29-23-15-21(30-32(18)23)19-9-8-17(13-20(19)27)28-24(33)10-11-25(34)35/h8-9,13-16H,3-7,10-12H2,1-2H3,(H,28,33)(H,34,35). The molecular weight excluding hydrogens is 465 g/mol. The Morgan fingerprint density at radius 1 is 1.14 bits per heavy atom. The molecule has 3 aromatic rings. The average molecular weight is 496 g/mol. The van der Waals surface area contributed by atoms with Gasteiger partial charge in [-0.1, -0.05) is 19.8 Å². The summed E-state index contributed by atoms with van der Waals surface area (Å²) in [6.45, 7) is 4.74. The fourth-order valence-corrected chi connectivity index (χ4v) is 4.50. The number of carbonyl (C=O) groups excluding carboxylic acids is 2. The van der Waals surface area contributed by atoms with Crippen LogP contribution in [0.5, 0.6) is 0 Å². The van der Waals surface area contributed by atoms with Crippen LogP contribution >= 0.6 is 0 Å². The highest BCUT2D eigenvalue weighted by molar-refractivity contribution is 5.94. The molecule has 1 unspecified atom stereocenters. The van der Waals surface area contributed by atoms with Crippen molar-refractivity contribution in [1.29, 1.82) is 0 Å². The number of nitrogens with one attached hydrogen (secondary N) is 1. The number of hydrogen-bond donors (Lipinski definition) is 2. The Bertz CT molecular complexity index is 1300. The van der Waals surface area contributed by atoms with E-state index >= 15 is 0 Å². The summed E-state index contributed by atoms with van der Waals surface area (Å²) in [7, 11) is 0. The molecule has 0 spiro atoms. The first-order valence-corrected chi connectivity index (χ1v) is 12.3. The van der Waals surface area contributed by atoms with Gasteiger partial charge in [-0.05, 0) is 50.5 Å². The number of amides is 2. The molecule has 0 bridgehead atoms. The van der Waals surface area contributed by atoms with E-state index in [1.165, 1.54) is 18.2 Å². The predicted molar refractivity (Wildman–Crippen MR) is 132 cm³/mol. The molecular formula is C26H30FN5O4. The molecule has 1 fully saturated rings. The molecule has 9 nitrogen and oxygen atoms in total. The molecule has 0 radical (unpaired) electrons. The zero-order valence-corrected chi connectivity index (χ0v) is 20.5.